The van der Waals surface area contributed by atoms with Gasteiger partial charge >= 0.3 is 0 Å². The van der Waals surface area contributed by atoms with Gasteiger partial charge in [0, 0.05) is 37.3 Å². The zero-order valence-electron chi connectivity index (χ0n) is 16.0. The number of amides is 1. The van der Waals surface area contributed by atoms with Gasteiger partial charge in [-0.1, -0.05) is 53.8 Å². The molecule has 3 heterocycles. The lowest BCUT2D eigenvalue weighted by molar-refractivity contribution is -0.115. The summed E-state index contributed by atoms with van der Waals surface area (Å²) in [5, 5.41) is 3.04. The highest BCUT2D eigenvalue weighted by atomic mass is 35.5. The summed E-state index contributed by atoms with van der Waals surface area (Å²) in [6.07, 6.45) is 1.08. The van der Waals surface area contributed by atoms with Gasteiger partial charge in [-0.15, -0.1) is 0 Å². The number of nitrogens with zero attached hydrogens (tertiary/aromatic N) is 2. The van der Waals surface area contributed by atoms with E-state index in [0.29, 0.717) is 22.5 Å². The number of anilines is 1. The van der Waals surface area contributed by atoms with Gasteiger partial charge in [0.15, 0.2) is 0 Å². The van der Waals surface area contributed by atoms with E-state index in [9.17, 15) is 9.59 Å². The fourth-order valence-electron chi connectivity index (χ4n) is 4.12. The molecule has 0 aliphatic carbocycles. The summed E-state index contributed by atoms with van der Waals surface area (Å²) in [7, 11) is 0. The van der Waals surface area contributed by atoms with E-state index in [1.165, 1.54) is 11.8 Å². The third-order valence-corrected chi connectivity index (χ3v) is 7.42. The van der Waals surface area contributed by atoms with E-state index in [1.807, 2.05) is 35.8 Å². The number of carbonyl (C=O) groups is 1. The normalized spacial score (nSPS) is 21.2. The fourth-order valence-corrected chi connectivity index (χ4v) is 5.65. The highest BCUT2D eigenvalue weighted by Gasteiger charge is 2.35. The van der Waals surface area contributed by atoms with Crippen molar-refractivity contribution in [1.29, 1.82) is 0 Å². The lowest BCUT2D eigenvalue weighted by Gasteiger charge is -2.43. The molecule has 2 bridgehead atoms. The number of likely N-dealkylation sites (tertiary alicyclic amines) is 1. The summed E-state index contributed by atoms with van der Waals surface area (Å²) < 4.78 is 2.64. The van der Waals surface area contributed by atoms with Crippen molar-refractivity contribution in [2.75, 3.05) is 18.4 Å². The number of carbonyl (C=O) groups excluding carboxylic acids is 1. The average molecular weight is 448 g/mol. The van der Waals surface area contributed by atoms with Crippen LogP contribution in [0.1, 0.15) is 25.0 Å². The zero-order valence-corrected chi connectivity index (χ0v) is 18.4. The molecule has 1 saturated heterocycles. The van der Waals surface area contributed by atoms with Crippen molar-refractivity contribution in [2.45, 2.75) is 31.1 Å². The van der Waals surface area contributed by atoms with Gasteiger partial charge < -0.3 is 14.8 Å². The maximum atomic E-state index is 12.6. The molecule has 0 radical (unpaired) electrons. The second-order valence-electron chi connectivity index (χ2n) is 7.60. The summed E-state index contributed by atoms with van der Waals surface area (Å²) >= 11 is 13.2. The van der Waals surface area contributed by atoms with Crippen molar-refractivity contribution in [3.05, 3.63) is 63.5 Å². The maximum Gasteiger partial charge on any atom is 0.250 e. The SMILES string of the molecule is C[C@H](SC(=S)N1C[C@@H]2C[C@@H](C1)c1cccc(=O)n1C2)C(=O)Nc1ccccc1Cl. The largest absolute Gasteiger partial charge is 0.356 e. The number of pyridine rings is 1. The summed E-state index contributed by atoms with van der Waals surface area (Å²) in [5.74, 6) is 0.564. The number of para-hydroxylation sites is 1. The number of aromatic nitrogens is 1. The van der Waals surface area contributed by atoms with Crippen LogP contribution in [0.15, 0.2) is 47.3 Å². The van der Waals surface area contributed by atoms with Gasteiger partial charge in [-0.2, -0.15) is 0 Å². The third kappa shape index (κ3) is 4.37. The molecule has 29 heavy (non-hydrogen) atoms. The van der Waals surface area contributed by atoms with Crippen LogP contribution in [0.5, 0.6) is 0 Å². The Morgan fingerprint density at radius 1 is 1.21 bits per heavy atom. The fraction of sp³-hybridized carbons (Fsp3) is 0.381. The van der Waals surface area contributed by atoms with Crippen LogP contribution in [-0.2, 0) is 11.3 Å². The number of fused-ring (bicyclic) bond motifs is 4. The molecule has 2 aliphatic rings. The topological polar surface area (TPSA) is 54.3 Å². The van der Waals surface area contributed by atoms with E-state index in [0.717, 1.165) is 36.1 Å². The minimum atomic E-state index is -0.338. The van der Waals surface area contributed by atoms with Crippen LogP contribution in [0.3, 0.4) is 0 Å². The number of thioether (sulfide) groups is 1. The summed E-state index contributed by atoms with van der Waals surface area (Å²) in [5.41, 5.74) is 1.77. The monoisotopic (exact) mass is 447 g/mol. The van der Waals surface area contributed by atoms with Crippen molar-refractivity contribution >= 4 is 51.5 Å². The first-order chi connectivity index (χ1) is 13.9. The Kier molecular flexibility index (Phi) is 5.99. The van der Waals surface area contributed by atoms with Crippen LogP contribution in [0.25, 0.3) is 0 Å². The van der Waals surface area contributed by atoms with Gasteiger partial charge in [0.2, 0.25) is 5.91 Å². The molecule has 3 atom stereocenters. The van der Waals surface area contributed by atoms with Crippen LogP contribution >= 0.6 is 35.6 Å². The highest BCUT2D eigenvalue weighted by Crippen LogP contribution is 2.36. The summed E-state index contributed by atoms with van der Waals surface area (Å²) in [6.45, 7) is 4.19. The Bertz CT molecular complexity index is 1010. The number of nitrogens with one attached hydrogen (secondary N) is 1. The molecular formula is C21H22ClN3O2S2. The molecule has 1 aromatic heterocycles. The predicted molar refractivity (Wildman–Crippen MR) is 123 cm³/mol. The first-order valence-electron chi connectivity index (χ1n) is 9.63. The van der Waals surface area contributed by atoms with E-state index in [2.05, 4.69) is 10.2 Å². The Labute approximate surface area is 184 Å². The van der Waals surface area contributed by atoms with Gasteiger partial charge in [0.25, 0.3) is 5.56 Å². The molecule has 0 unspecified atom stereocenters. The standard InChI is InChI=1S/C21H22ClN3O2S2/c1-13(20(27)23-17-6-3-2-5-16(17)22)29-21(28)24-10-14-9-15(12-24)18-7-4-8-19(26)25(18)11-14/h2-8,13-15H,9-12H2,1H3,(H,23,27)/t13-,14-,15-/m0/s1. The first-order valence-corrected chi connectivity index (χ1v) is 11.3. The molecule has 5 nitrogen and oxygen atoms in total. The van der Waals surface area contributed by atoms with E-state index >= 15 is 0 Å². The van der Waals surface area contributed by atoms with Crippen molar-refractivity contribution in [3.63, 3.8) is 0 Å². The molecule has 0 spiro atoms. The van der Waals surface area contributed by atoms with Crippen molar-refractivity contribution < 1.29 is 4.79 Å². The van der Waals surface area contributed by atoms with Crippen molar-refractivity contribution in [3.8, 4) is 0 Å². The molecule has 2 aliphatic heterocycles. The second kappa shape index (κ2) is 8.50. The van der Waals surface area contributed by atoms with Gasteiger partial charge in [-0.25, -0.2) is 0 Å². The van der Waals surface area contributed by atoms with Gasteiger partial charge in [0.1, 0.15) is 4.32 Å². The maximum absolute atomic E-state index is 12.6. The lowest BCUT2D eigenvalue weighted by Crippen LogP contribution is -2.48. The molecular weight excluding hydrogens is 426 g/mol. The van der Waals surface area contributed by atoms with Crippen molar-refractivity contribution in [2.24, 2.45) is 5.92 Å². The average Bonchev–Trinajstić information content (AvgIpc) is 2.70. The van der Waals surface area contributed by atoms with Crippen LogP contribution in [0.4, 0.5) is 5.69 Å². The Morgan fingerprint density at radius 3 is 2.79 bits per heavy atom. The number of halogens is 1. The number of hydrogen-bond acceptors (Lipinski definition) is 4. The van der Waals surface area contributed by atoms with Crippen LogP contribution in [0, 0.1) is 5.92 Å². The first kappa shape index (κ1) is 20.4. The van der Waals surface area contributed by atoms with Gasteiger partial charge in [0.05, 0.1) is 16.0 Å². The van der Waals surface area contributed by atoms with E-state index in [4.69, 9.17) is 23.8 Å². The van der Waals surface area contributed by atoms with Gasteiger partial charge in [-0.05, 0) is 37.5 Å². The Morgan fingerprint density at radius 2 is 2.00 bits per heavy atom. The number of rotatable bonds is 3. The number of hydrogen-bond donors (Lipinski definition) is 1. The lowest BCUT2D eigenvalue weighted by atomic mass is 9.83. The molecule has 2 aromatic rings. The van der Waals surface area contributed by atoms with Crippen LogP contribution < -0.4 is 10.9 Å². The molecule has 1 aromatic carbocycles. The molecule has 1 fully saturated rings. The Balaban J connectivity index is 1.40. The zero-order chi connectivity index (χ0) is 20.5. The summed E-state index contributed by atoms with van der Waals surface area (Å²) in [4.78, 5) is 26.9. The third-order valence-electron chi connectivity index (χ3n) is 5.52. The highest BCUT2D eigenvalue weighted by molar-refractivity contribution is 8.23. The van der Waals surface area contributed by atoms with Crippen molar-refractivity contribution in [1.82, 2.24) is 9.47 Å². The van der Waals surface area contributed by atoms with Crippen LogP contribution in [0.2, 0.25) is 5.02 Å². The number of piperidine rings is 1. The molecule has 152 valence electrons. The smallest absolute Gasteiger partial charge is 0.250 e. The minimum absolute atomic E-state index is 0.0764. The molecule has 1 N–H and O–H groups in total. The quantitative estimate of drug-likeness (QED) is 0.721. The molecule has 0 saturated carbocycles. The minimum Gasteiger partial charge on any atom is -0.356 e. The molecule has 4 rings (SSSR count). The molecule has 8 heteroatoms. The van der Waals surface area contributed by atoms with E-state index in [1.54, 1.807) is 18.2 Å². The second-order valence-corrected chi connectivity index (χ2v) is 9.98. The summed E-state index contributed by atoms with van der Waals surface area (Å²) in [6, 6.07) is 12.7. The van der Waals surface area contributed by atoms with Crippen LogP contribution in [-0.4, -0.2) is 38.0 Å². The van der Waals surface area contributed by atoms with Gasteiger partial charge in [-0.3, -0.25) is 9.59 Å². The molecule has 1 amide bonds. The number of benzene rings is 1. The Hall–Kier alpha value is -1.83. The number of thiocarbonyl (C=S) groups is 1. The predicted octanol–water partition coefficient (Wildman–Crippen LogP) is 3.97. The van der Waals surface area contributed by atoms with E-state index in [-0.39, 0.29) is 16.7 Å². The van der Waals surface area contributed by atoms with E-state index < -0.39 is 0 Å².